The van der Waals surface area contributed by atoms with E-state index in [0.717, 1.165) is 6.21 Å². The van der Waals surface area contributed by atoms with Gasteiger partial charge in [0.1, 0.15) is 24.1 Å². The summed E-state index contributed by atoms with van der Waals surface area (Å²) in [6, 6.07) is 5.78. The average molecular weight is 468 g/mol. The summed E-state index contributed by atoms with van der Waals surface area (Å²) >= 11 is -1.06. The quantitative estimate of drug-likeness (QED) is 0.405. The first-order valence-electron chi connectivity index (χ1n) is 10.2. The Kier molecular flexibility index (Phi) is 6.72. The van der Waals surface area contributed by atoms with Crippen LogP contribution in [0, 0.1) is 5.41 Å². The van der Waals surface area contributed by atoms with Gasteiger partial charge in [-0.05, 0) is 18.6 Å². The van der Waals surface area contributed by atoms with Crippen molar-refractivity contribution in [2.24, 2.45) is 0 Å². The molecule has 0 spiro atoms. The molecule has 3 N–H and O–H groups in total. The number of benzene rings is 1. The van der Waals surface area contributed by atoms with Crippen LogP contribution >= 0.6 is 0 Å². The molecule has 2 unspecified atom stereocenters. The highest BCUT2D eigenvalue weighted by Crippen LogP contribution is 2.31. The highest BCUT2D eigenvalue weighted by Gasteiger charge is 2.34. The summed E-state index contributed by atoms with van der Waals surface area (Å²) in [7, 11) is 0. The van der Waals surface area contributed by atoms with Crippen molar-refractivity contribution in [3.63, 3.8) is 0 Å². The van der Waals surface area contributed by atoms with Crippen molar-refractivity contribution in [1.82, 2.24) is 14.3 Å². The highest BCUT2D eigenvalue weighted by atomic mass is 32.2. The van der Waals surface area contributed by atoms with Crippen molar-refractivity contribution in [3.8, 4) is 0 Å². The van der Waals surface area contributed by atoms with Crippen LogP contribution in [0.25, 0.3) is 0 Å². The average Bonchev–Trinajstić information content (AvgIpc) is 3.16. The molecule has 0 aliphatic carbocycles. The summed E-state index contributed by atoms with van der Waals surface area (Å²) in [6.45, 7) is 1.72. The lowest BCUT2D eigenvalue weighted by molar-refractivity contribution is 0.151. The van der Waals surface area contributed by atoms with E-state index in [9.17, 15) is 17.7 Å². The molecule has 12 heteroatoms. The smallest absolute Gasteiger partial charge is 0.263 e. The van der Waals surface area contributed by atoms with Crippen LogP contribution in [-0.4, -0.2) is 69.7 Å². The van der Waals surface area contributed by atoms with Crippen LogP contribution in [-0.2, 0) is 11.4 Å². The summed E-state index contributed by atoms with van der Waals surface area (Å²) in [5.74, 6) is 0.934. The number of alkyl halides is 3. The van der Waals surface area contributed by atoms with Crippen LogP contribution < -0.4 is 15.5 Å². The van der Waals surface area contributed by atoms with Gasteiger partial charge in [-0.1, -0.05) is 12.1 Å². The predicted molar refractivity (Wildman–Crippen MR) is 119 cm³/mol. The van der Waals surface area contributed by atoms with Crippen LogP contribution in [0.15, 0.2) is 24.3 Å². The fourth-order valence-electron chi connectivity index (χ4n) is 3.71. The van der Waals surface area contributed by atoms with Gasteiger partial charge < -0.3 is 25.5 Å². The van der Waals surface area contributed by atoms with Crippen molar-refractivity contribution in [2.45, 2.75) is 25.1 Å². The molecule has 0 saturated carbocycles. The number of anilines is 4. The number of hydrogen-bond acceptors (Lipinski definition) is 8. The van der Waals surface area contributed by atoms with Crippen molar-refractivity contribution in [3.05, 3.63) is 35.4 Å². The van der Waals surface area contributed by atoms with Gasteiger partial charge in [-0.2, -0.15) is 9.97 Å². The molecule has 3 heterocycles. The maximum atomic E-state index is 13.9. The molecule has 2 saturated heterocycles. The normalized spacial score (nSPS) is 20.3. The predicted octanol–water partition coefficient (Wildman–Crippen LogP) is 3.09. The van der Waals surface area contributed by atoms with E-state index in [1.54, 1.807) is 21.5 Å². The molecule has 2 atom stereocenters. The summed E-state index contributed by atoms with van der Waals surface area (Å²) in [5.41, 5.74) is 0.598. The van der Waals surface area contributed by atoms with Gasteiger partial charge in [-0.3, -0.25) is 0 Å². The first kappa shape index (κ1) is 22.6. The first-order chi connectivity index (χ1) is 15.3. The van der Waals surface area contributed by atoms with Gasteiger partial charge in [0.2, 0.25) is 5.95 Å². The van der Waals surface area contributed by atoms with Gasteiger partial charge in [0, 0.05) is 35.4 Å². The molecule has 0 bridgehead atoms. The van der Waals surface area contributed by atoms with Crippen molar-refractivity contribution in [1.29, 1.82) is 5.41 Å². The van der Waals surface area contributed by atoms with Crippen LogP contribution in [0.3, 0.4) is 0 Å². The Hall–Kier alpha value is -2.57. The number of hydrogen-bond donors (Lipinski definition) is 3. The Morgan fingerprint density at radius 3 is 2.69 bits per heavy atom. The molecule has 1 aromatic carbocycles. The molecule has 4 rings (SSSR count). The minimum Gasteiger partial charge on any atom is -0.598 e. The Bertz CT molecular complexity index is 974. The summed E-state index contributed by atoms with van der Waals surface area (Å²) < 4.78 is 53.4. The van der Waals surface area contributed by atoms with Gasteiger partial charge in [-0.15, -0.1) is 4.31 Å². The Morgan fingerprint density at radius 1 is 1.28 bits per heavy atom. The van der Waals surface area contributed by atoms with E-state index in [4.69, 9.17) is 5.41 Å². The second kappa shape index (κ2) is 9.51. The number of nitrogens with zero attached hydrogens (tertiary/aromatic N) is 4. The van der Waals surface area contributed by atoms with Crippen LogP contribution in [0.4, 0.5) is 36.4 Å². The number of halogens is 3. The van der Waals surface area contributed by atoms with E-state index < -0.39 is 24.0 Å². The molecular weight excluding hydrogens is 443 g/mol. The first-order valence-corrected chi connectivity index (χ1v) is 11.7. The monoisotopic (exact) mass is 467 g/mol. The second-order valence-corrected chi connectivity index (χ2v) is 9.14. The maximum absolute atomic E-state index is 13.9. The minimum absolute atomic E-state index is 0.0138. The summed E-state index contributed by atoms with van der Waals surface area (Å²) in [4.78, 5) is 10.8. The summed E-state index contributed by atoms with van der Waals surface area (Å²) in [6.07, 6.45) is -0.550. The molecule has 2 aliphatic heterocycles. The summed E-state index contributed by atoms with van der Waals surface area (Å²) in [5, 5.41) is 14.1. The SMILES string of the molecule is C[S+]([O-])N1CC(Nc2nc(Nc3cccc(C(F)F)c3)c(C=N)c(N3CCC(F)C3)n2)C1. The Balaban J connectivity index is 1.65. The van der Waals surface area contributed by atoms with E-state index in [2.05, 4.69) is 20.6 Å². The van der Waals surface area contributed by atoms with E-state index in [0.29, 0.717) is 43.1 Å². The number of nitrogens with one attached hydrogen (secondary N) is 3. The largest absolute Gasteiger partial charge is 0.598 e. The molecule has 172 valence electrons. The third-order valence-electron chi connectivity index (χ3n) is 5.45. The molecule has 0 radical (unpaired) electrons. The molecule has 8 nitrogen and oxygen atoms in total. The van der Waals surface area contributed by atoms with Gasteiger partial charge in [0.15, 0.2) is 0 Å². The molecular formula is C20H24F3N7OS. The van der Waals surface area contributed by atoms with E-state index in [-0.39, 0.29) is 29.9 Å². The fourth-order valence-corrected chi connectivity index (χ4v) is 4.49. The Labute approximate surface area is 187 Å². The zero-order chi connectivity index (χ0) is 22.8. The standard InChI is InChI=1S/C20H24F3N7OS/c1-32(31)30-10-15(11-30)26-20-27-18(25-14-4-2-3-12(7-14)17(22)23)16(8-24)19(28-20)29-6-5-13(21)9-29/h2-4,7-8,13,15,17,24H,5-6,9-11H2,1H3,(H2,25,26,27,28). The van der Waals surface area contributed by atoms with Crippen LogP contribution in [0.1, 0.15) is 24.0 Å². The second-order valence-electron chi connectivity index (χ2n) is 7.77. The van der Waals surface area contributed by atoms with Gasteiger partial charge in [-0.25, -0.2) is 13.2 Å². The molecule has 2 aromatic rings. The van der Waals surface area contributed by atoms with E-state index >= 15 is 0 Å². The fraction of sp³-hybridized carbons (Fsp3) is 0.450. The highest BCUT2D eigenvalue weighted by molar-refractivity contribution is 7.88. The van der Waals surface area contributed by atoms with Crippen molar-refractivity contribution in [2.75, 3.05) is 48.0 Å². The van der Waals surface area contributed by atoms with E-state index in [1.165, 1.54) is 18.2 Å². The third-order valence-corrected chi connectivity index (χ3v) is 6.47. The van der Waals surface area contributed by atoms with Crippen LogP contribution in [0.2, 0.25) is 0 Å². The van der Waals surface area contributed by atoms with Crippen molar-refractivity contribution >= 4 is 40.8 Å². The zero-order valence-corrected chi connectivity index (χ0v) is 18.2. The third kappa shape index (κ3) is 4.92. The lowest BCUT2D eigenvalue weighted by Crippen LogP contribution is -2.56. The molecule has 0 amide bonds. The van der Waals surface area contributed by atoms with E-state index in [1.807, 2.05) is 0 Å². The van der Waals surface area contributed by atoms with Crippen molar-refractivity contribution < 1.29 is 17.7 Å². The lowest BCUT2D eigenvalue weighted by atomic mass is 10.2. The molecule has 1 aromatic heterocycles. The number of rotatable bonds is 8. The van der Waals surface area contributed by atoms with Gasteiger partial charge in [0.25, 0.3) is 6.43 Å². The van der Waals surface area contributed by atoms with Crippen LogP contribution in [0.5, 0.6) is 0 Å². The molecule has 32 heavy (non-hydrogen) atoms. The number of aromatic nitrogens is 2. The molecule has 2 fully saturated rings. The lowest BCUT2D eigenvalue weighted by Gasteiger charge is -2.37. The van der Waals surface area contributed by atoms with Gasteiger partial charge in [0.05, 0.1) is 31.2 Å². The Morgan fingerprint density at radius 2 is 2.06 bits per heavy atom. The maximum Gasteiger partial charge on any atom is 0.263 e. The minimum atomic E-state index is -2.62. The topological polar surface area (TPSA) is 103 Å². The molecule has 2 aliphatic rings. The zero-order valence-electron chi connectivity index (χ0n) is 17.4. The van der Waals surface area contributed by atoms with Gasteiger partial charge >= 0.3 is 0 Å².